The van der Waals surface area contributed by atoms with Crippen molar-refractivity contribution in [2.45, 2.75) is 130 Å². The van der Waals surface area contributed by atoms with Crippen molar-refractivity contribution in [3.8, 4) is 11.4 Å². The molecule has 376 valence electrons. The molecule has 13 heteroatoms. The maximum Gasteiger partial charge on any atom is 0.337 e. The molecule has 1 amide bonds. The van der Waals surface area contributed by atoms with Crippen LogP contribution in [0.5, 0.6) is 0 Å². The van der Waals surface area contributed by atoms with Crippen LogP contribution >= 0.6 is 0 Å². The summed E-state index contributed by atoms with van der Waals surface area (Å²) in [5.41, 5.74) is 3.90. The van der Waals surface area contributed by atoms with E-state index in [1.807, 2.05) is 33.7 Å². The highest BCUT2D eigenvalue weighted by Gasteiger charge is 2.50. The van der Waals surface area contributed by atoms with Crippen molar-refractivity contribution < 1.29 is 32.7 Å². The summed E-state index contributed by atoms with van der Waals surface area (Å²) in [5, 5.41) is 5.93. The SMILES string of the molecule is CCCCN(CCCC)C(=O)c1cn(CCOCCO[Si](c2ccccc2)(c2ccccc2)C(C)(C)C)c(-c2ccc(C(=O)OC)cc2C(=O)c2cccc3c2CC(CO[Si](C)(C)C(C)(C)C)NC3)n1. The molecule has 5 aromatic rings. The molecule has 0 bridgehead atoms. The van der Waals surface area contributed by atoms with E-state index < -0.39 is 22.6 Å². The minimum absolute atomic E-state index is 0.0154. The molecule has 1 N–H and O–H groups in total. The number of amides is 1. The lowest BCUT2D eigenvalue weighted by Crippen LogP contribution is -2.66. The number of nitrogens with zero attached hydrogens (tertiary/aromatic N) is 3. The van der Waals surface area contributed by atoms with Gasteiger partial charge in [-0.2, -0.15) is 0 Å². The van der Waals surface area contributed by atoms with Crippen LogP contribution in [-0.4, -0.2) is 101 Å². The maximum absolute atomic E-state index is 15.3. The average molecular weight is 987 g/mol. The molecule has 0 radical (unpaired) electrons. The Hall–Kier alpha value is -5.03. The number of carbonyl (C=O) groups is 3. The number of imidazole rings is 1. The number of rotatable bonds is 23. The van der Waals surface area contributed by atoms with Crippen LogP contribution in [0, 0.1) is 0 Å². The molecule has 11 nitrogen and oxygen atoms in total. The Morgan fingerprint density at radius 1 is 0.771 bits per heavy atom. The normalized spacial score (nSPS) is 14.3. The van der Waals surface area contributed by atoms with Gasteiger partial charge in [0.2, 0.25) is 0 Å². The summed E-state index contributed by atoms with van der Waals surface area (Å²) in [6, 6.07) is 32.0. The number of aromatic nitrogens is 2. The van der Waals surface area contributed by atoms with Crippen LogP contribution in [0.3, 0.4) is 0 Å². The van der Waals surface area contributed by atoms with Gasteiger partial charge in [-0.15, -0.1) is 0 Å². The number of benzene rings is 4. The van der Waals surface area contributed by atoms with Gasteiger partial charge in [0.25, 0.3) is 14.2 Å². The van der Waals surface area contributed by atoms with Crippen molar-refractivity contribution in [3.63, 3.8) is 0 Å². The Labute approximate surface area is 419 Å². The minimum Gasteiger partial charge on any atom is -0.465 e. The van der Waals surface area contributed by atoms with Gasteiger partial charge in [0.1, 0.15) is 11.5 Å². The Balaban J connectivity index is 1.34. The zero-order valence-corrected chi connectivity index (χ0v) is 45.8. The van der Waals surface area contributed by atoms with Crippen molar-refractivity contribution in [2.75, 3.05) is 46.6 Å². The molecule has 0 saturated carbocycles. The second kappa shape index (κ2) is 23.9. The lowest BCUT2D eigenvalue weighted by atomic mass is 9.87. The highest BCUT2D eigenvalue weighted by molar-refractivity contribution is 6.99. The number of hydrogen-bond acceptors (Lipinski definition) is 9. The molecule has 0 aliphatic carbocycles. The highest BCUT2D eigenvalue weighted by Crippen LogP contribution is 2.38. The van der Waals surface area contributed by atoms with Crippen molar-refractivity contribution in [1.29, 1.82) is 0 Å². The van der Waals surface area contributed by atoms with Crippen molar-refractivity contribution in [3.05, 3.63) is 137 Å². The van der Waals surface area contributed by atoms with Gasteiger partial charge in [-0.3, -0.25) is 9.59 Å². The molecule has 1 atom stereocenters. The van der Waals surface area contributed by atoms with Gasteiger partial charge in [0.15, 0.2) is 14.1 Å². The van der Waals surface area contributed by atoms with Gasteiger partial charge in [-0.1, -0.05) is 147 Å². The molecule has 2 heterocycles. The van der Waals surface area contributed by atoms with E-state index in [1.165, 1.54) is 17.5 Å². The van der Waals surface area contributed by atoms with Crippen molar-refractivity contribution in [2.24, 2.45) is 0 Å². The van der Waals surface area contributed by atoms with Crippen LogP contribution in [0.15, 0.2) is 103 Å². The summed E-state index contributed by atoms with van der Waals surface area (Å²) in [6.45, 7) is 26.0. The summed E-state index contributed by atoms with van der Waals surface area (Å²) in [5.74, 6) is -0.516. The molecular formula is C57H78N4O7Si2. The fraction of sp³-hybridized carbons (Fsp3) is 0.474. The molecular weight excluding hydrogens is 909 g/mol. The molecule has 6 rings (SSSR count). The molecule has 70 heavy (non-hydrogen) atoms. The van der Waals surface area contributed by atoms with Crippen LogP contribution in [0.2, 0.25) is 23.2 Å². The maximum atomic E-state index is 15.3. The number of carbonyl (C=O) groups excluding carboxylic acids is 3. The molecule has 1 unspecified atom stereocenters. The van der Waals surface area contributed by atoms with Gasteiger partial charge >= 0.3 is 5.97 Å². The van der Waals surface area contributed by atoms with E-state index >= 15 is 4.79 Å². The van der Waals surface area contributed by atoms with Gasteiger partial charge in [0.05, 0.1) is 32.5 Å². The van der Waals surface area contributed by atoms with E-state index in [0.29, 0.717) is 80.6 Å². The van der Waals surface area contributed by atoms with Crippen LogP contribution < -0.4 is 15.7 Å². The van der Waals surface area contributed by atoms with Crippen molar-refractivity contribution in [1.82, 2.24) is 19.8 Å². The predicted octanol–water partition coefficient (Wildman–Crippen LogP) is 10.2. The van der Waals surface area contributed by atoms with E-state index in [0.717, 1.165) is 36.8 Å². The molecule has 0 saturated heterocycles. The van der Waals surface area contributed by atoms with E-state index in [1.54, 1.807) is 24.4 Å². The fourth-order valence-corrected chi connectivity index (χ4v) is 14.7. The molecule has 0 fully saturated rings. The monoisotopic (exact) mass is 987 g/mol. The third-order valence-corrected chi connectivity index (χ3v) is 23.8. The average Bonchev–Trinajstić information content (AvgIpc) is 3.78. The van der Waals surface area contributed by atoms with Crippen LogP contribution in [0.4, 0.5) is 0 Å². The van der Waals surface area contributed by atoms with Crippen molar-refractivity contribution >= 4 is 44.7 Å². The van der Waals surface area contributed by atoms with Gasteiger partial charge < -0.3 is 33.1 Å². The highest BCUT2D eigenvalue weighted by atomic mass is 28.4. The van der Waals surface area contributed by atoms with Gasteiger partial charge in [-0.05, 0) is 82.1 Å². The Bertz CT molecular complexity index is 2480. The second-order valence-electron chi connectivity index (χ2n) is 21.1. The van der Waals surface area contributed by atoms with Gasteiger partial charge in [0, 0.05) is 61.7 Å². The van der Waals surface area contributed by atoms with E-state index in [9.17, 15) is 9.59 Å². The first-order valence-electron chi connectivity index (χ1n) is 25.3. The molecule has 1 aromatic heterocycles. The smallest absolute Gasteiger partial charge is 0.337 e. The third-order valence-electron chi connectivity index (χ3n) is 14.2. The Morgan fingerprint density at radius 2 is 1.41 bits per heavy atom. The second-order valence-corrected chi connectivity index (χ2v) is 30.3. The minimum atomic E-state index is -2.77. The number of nitrogens with one attached hydrogen (secondary N) is 1. The van der Waals surface area contributed by atoms with E-state index in [2.05, 4.69) is 128 Å². The number of esters is 1. The van der Waals surface area contributed by atoms with E-state index in [4.69, 9.17) is 23.3 Å². The number of unbranched alkanes of at least 4 members (excludes halogenated alkanes) is 2. The van der Waals surface area contributed by atoms with Gasteiger partial charge in [-0.25, -0.2) is 9.78 Å². The predicted molar refractivity (Wildman–Crippen MR) is 286 cm³/mol. The zero-order valence-electron chi connectivity index (χ0n) is 43.8. The first-order valence-corrected chi connectivity index (χ1v) is 30.1. The summed E-state index contributed by atoms with van der Waals surface area (Å²) in [4.78, 5) is 49.8. The summed E-state index contributed by atoms with van der Waals surface area (Å²) in [6.07, 6.45) is 6.05. The molecule has 4 aromatic carbocycles. The first kappa shape index (κ1) is 54.3. The number of ketones is 1. The lowest BCUT2D eigenvalue weighted by molar-refractivity contribution is 0.0600. The molecule has 0 spiro atoms. The van der Waals surface area contributed by atoms with Crippen LogP contribution in [0.1, 0.15) is 129 Å². The van der Waals surface area contributed by atoms with Crippen LogP contribution in [0.25, 0.3) is 11.4 Å². The topological polar surface area (TPSA) is 121 Å². The number of hydrogen-bond donors (Lipinski definition) is 1. The fourth-order valence-electron chi connectivity index (χ4n) is 9.15. The van der Waals surface area contributed by atoms with Crippen LogP contribution in [-0.2, 0) is 37.8 Å². The summed E-state index contributed by atoms with van der Waals surface area (Å²) in [7, 11) is -3.46. The van der Waals surface area contributed by atoms with E-state index in [-0.39, 0.29) is 40.0 Å². The Kier molecular flexibility index (Phi) is 18.6. The lowest BCUT2D eigenvalue weighted by Gasteiger charge is -2.43. The molecule has 1 aliphatic rings. The quantitative estimate of drug-likeness (QED) is 0.0295. The largest absolute Gasteiger partial charge is 0.465 e. The number of fused-ring (bicyclic) bond motifs is 1. The Morgan fingerprint density at radius 3 is 2.00 bits per heavy atom. The molecule has 1 aliphatic heterocycles. The standard InChI is InChI=1S/C57H78N4O7Si2/c1-12-14-31-60(32-15-13-2)54(63)51-40-61(33-34-66-35-36-67-70(57(6,7)8,45-24-18-16-19-25-45)46-26-20-17-21-27-46)53(59-51)48-30-29-42(55(64)65-9)37-50(48)52(62)47-28-22-23-43-39-58-44(38-49(43)47)41-68-69(10,11)56(3,4)5/h16-30,37,40,44,58H,12-15,31-36,38-39,41H2,1-11H3. The third kappa shape index (κ3) is 12.5. The number of ether oxygens (including phenoxy) is 2. The summed E-state index contributed by atoms with van der Waals surface area (Å²) < 4.78 is 27.2. The first-order chi connectivity index (χ1) is 33.4. The number of methoxy groups -OCH3 is 1. The summed E-state index contributed by atoms with van der Waals surface area (Å²) >= 11 is 0. The zero-order chi connectivity index (χ0) is 50.7.